The third-order valence-electron chi connectivity index (χ3n) is 2.76. The number of carbonyl (C=O) groups is 1. The third-order valence-corrected chi connectivity index (χ3v) is 2.76. The highest BCUT2D eigenvalue weighted by Crippen LogP contribution is 2.20. The maximum atomic E-state index is 10.9. The molecule has 0 aliphatic carbocycles. The fourth-order valence-electron chi connectivity index (χ4n) is 1.60. The van der Waals surface area contributed by atoms with Gasteiger partial charge in [0.2, 0.25) is 0 Å². The zero-order valence-corrected chi connectivity index (χ0v) is 10.7. The Morgan fingerprint density at radius 3 is 2.65 bits per heavy atom. The lowest BCUT2D eigenvalue weighted by Gasteiger charge is -2.25. The molecule has 0 aliphatic heterocycles. The minimum atomic E-state index is -0.181. The van der Waals surface area contributed by atoms with Crippen LogP contribution in [0.4, 0.5) is 0 Å². The van der Waals surface area contributed by atoms with Gasteiger partial charge in [-0.2, -0.15) is 0 Å². The zero-order valence-electron chi connectivity index (χ0n) is 10.7. The number of hydrogen-bond donors (Lipinski definition) is 1. The summed E-state index contributed by atoms with van der Waals surface area (Å²) in [6.07, 6.45) is 4.00. The molecule has 1 rings (SSSR count). The summed E-state index contributed by atoms with van der Waals surface area (Å²) in [4.78, 5) is 14.9. The predicted molar refractivity (Wildman–Crippen MR) is 66.8 cm³/mol. The van der Waals surface area contributed by atoms with E-state index >= 15 is 0 Å². The van der Waals surface area contributed by atoms with Crippen LogP contribution in [0.25, 0.3) is 0 Å². The number of nitrogens with zero attached hydrogens (tertiary/aromatic N) is 1. The van der Waals surface area contributed by atoms with Gasteiger partial charge >= 0.3 is 5.97 Å². The normalized spacial score (nSPS) is 11.2. The Balaban J connectivity index is 2.38. The zero-order chi connectivity index (χ0) is 12.7. The van der Waals surface area contributed by atoms with E-state index in [-0.39, 0.29) is 11.4 Å². The first-order valence-corrected chi connectivity index (χ1v) is 5.74. The van der Waals surface area contributed by atoms with Crippen molar-refractivity contribution in [1.29, 1.82) is 0 Å². The summed E-state index contributed by atoms with van der Waals surface area (Å²) in [6.45, 7) is 5.77. The van der Waals surface area contributed by atoms with Gasteiger partial charge in [0, 0.05) is 30.9 Å². The van der Waals surface area contributed by atoms with Crippen LogP contribution in [0.2, 0.25) is 0 Å². The molecule has 0 atom stereocenters. The molecule has 0 unspecified atom stereocenters. The fourth-order valence-corrected chi connectivity index (χ4v) is 1.60. The minimum absolute atomic E-state index is 0.0268. The number of carbonyl (C=O) groups excluding carboxylic acids is 1. The minimum Gasteiger partial charge on any atom is -0.469 e. The molecule has 1 heterocycles. The third kappa shape index (κ3) is 4.53. The van der Waals surface area contributed by atoms with Gasteiger partial charge in [0.1, 0.15) is 0 Å². The van der Waals surface area contributed by atoms with Gasteiger partial charge in [-0.1, -0.05) is 13.8 Å². The van der Waals surface area contributed by atoms with Crippen LogP contribution in [0.3, 0.4) is 0 Å². The predicted octanol–water partition coefficient (Wildman–Crippen LogP) is 1.51. The molecular weight excluding hydrogens is 216 g/mol. The Kier molecular flexibility index (Phi) is 5.10. The smallest absolute Gasteiger partial charge is 0.306 e. The molecule has 1 aromatic rings. The van der Waals surface area contributed by atoms with Crippen molar-refractivity contribution in [1.82, 2.24) is 10.3 Å². The Morgan fingerprint density at radius 2 is 2.06 bits per heavy atom. The summed E-state index contributed by atoms with van der Waals surface area (Å²) in [5.74, 6) is -0.181. The van der Waals surface area contributed by atoms with Crippen molar-refractivity contribution in [3.63, 3.8) is 0 Å². The van der Waals surface area contributed by atoms with Crippen molar-refractivity contribution in [3.8, 4) is 0 Å². The van der Waals surface area contributed by atoms with Gasteiger partial charge in [-0.05, 0) is 17.7 Å². The average molecular weight is 236 g/mol. The number of methoxy groups -OCH3 is 1. The van der Waals surface area contributed by atoms with Gasteiger partial charge < -0.3 is 10.1 Å². The molecule has 0 bridgehead atoms. The van der Waals surface area contributed by atoms with Crippen molar-refractivity contribution >= 4 is 5.97 Å². The second kappa shape index (κ2) is 6.35. The van der Waals surface area contributed by atoms with Crippen LogP contribution >= 0.6 is 0 Å². The van der Waals surface area contributed by atoms with Gasteiger partial charge in [-0.25, -0.2) is 0 Å². The maximum absolute atomic E-state index is 10.9. The van der Waals surface area contributed by atoms with Crippen LogP contribution in [0.1, 0.15) is 25.8 Å². The topological polar surface area (TPSA) is 51.2 Å². The number of ether oxygens (including phenoxy) is 1. The van der Waals surface area contributed by atoms with Crippen LogP contribution in [-0.4, -0.2) is 31.2 Å². The van der Waals surface area contributed by atoms with E-state index in [4.69, 9.17) is 0 Å². The van der Waals surface area contributed by atoms with Crippen LogP contribution in [0.15, 0.2) is 24.5 Å². The summed E-state index contributed by atoms with van der Waals surface area (Å²) in [6, 6.07) is 4.03. The van der Waals surface area contributed by atoms with Crippen LogP contribution in [0.5, 0.6) is 0 Å². The van der Waals surface area contributed by atoms with Crippen LogP contribution in [0, 0.1) is 0 Å². The molecule has 0 amide bonds. The van der Waals surface area contributed by atoms with Crippen molar-refractivity contribution in [2.24, 2.45) is 0 Å². The van der Waals surface area contributed by atoms with E-state index in [2.05, 4.69) is 28.9 Å². The highest BCUT2D eigenvalue weighted by Gasteiger charge is 2.19. The monoisotopic (exact) mass is 236 g/mol. The Hall–Kier alpha value is -1.42. The summed E-state index contributed by atoms with van der Waals surface area (Å²) in [7, 11) is 1.41. The number of pyridine rings is 1. The maximum Gasteiger partial charge on any atom is 0.306 e. The van der Waals surface area contributed by atoms with E-state index in [9.17, 15) is 4.79 Å². The standard InChI is InChI=1S/C13H20N2O2/c1-13(2,11-4-7-14-8-5-11)10-15-9-6-12(16)17-3/h4-5,7-8,15H,6,9-10H2,1-3H3. The quantitative estimate of drug-likeness (QED) is 0.601. The Morgan fingerprint density at radius 1 is 1.41 bits per heavy atom. The molecule has 0 saturated carbocycles. The van der Waals surface area contributed by atoms with E-state index in [0.29, 0.717) is 13.0 Å². The molecule has 1 N–H and O–H groups in total. The highest BCUT2D eigenvalue weighted by atomic mass is 16.5. The number of rotatable bonds is 6. The summed E-state index contributed by atoms with van der Waals surface area (Å²) in [5, 5.41) is 3.27. The average Bonchev–Trinajstić information content (AvgIpc) is 2.35. The lowest BCUT2D eigenvalue weighted by molar-refractivity contribution is -0.140. The van der Waals surface area contributed by atoms with Crippen molar-refractivity contribution in [3.05, 3.63) is 30.1 Å². The van der Waals surface area contributed by atoms with E-state index in [0.717, 1.165) is 6.54 Å². The van der Waals surface area contributed by atoms with Gasteiger partial charge in [0.05, 0.1) is 13.5 Å². The molecule has 0 radical (unpaired) electrons. The van der Waals surface area contributed by atoms with E-state index in [1.54, 1.807) is 12.4 Å². The lowest BCUT2D eigenvalue weighted by atomic mass is 9.85. The number of aromatic nitrogens is 1. The largest absolute Gasteiger partial charge is 0.469 e. The summed E-state index contributed by atoms with van der Waals surface area (Å²) >= 11 is 0. The molecule has 4 nitrogen and oxygen atoms in total. The molecule has 0 saturated heterocycles. The first-order chi connectivity index (χ1) is 8.06. The molecular formula is C13H20N2O2. The molecule has 17 heavy (non-hydrogen) atoms. The highest BCUT2D eigenvalue weighted by molar-refractivity contribution is 5.69. The second-order valence-electron chi connectivity index (χ2n) is 4.62. The van der Waals surface area contributed by atoms with Crippen LogP contribution < -0.4 is 5.32 Å². The molecule has 0 spiro atoms. The second-order valence-corrected chi connectivity index (χ2v) is 4.62. The van der Waals surface area contributed by atoms with Gasteiger partial charge in [0.25, 0.3) is 0 Å². The van der Waals surface area contributed by atoms with Crippen molar-refractivity contribution < 1.29 is 9.53 Å². The fraction of sp³-hybridized carbons (Fsp3) is 0.538. The molecule has 0 aliphatic rings. The van der Waals surface area contributed by atoms with Gasteiger partial charge in [-0.15, -0.1) is 0 Å². The lowest BCUT2D eigenvalue weighted by Crippen LogP contribution is -2.34. The first-order valence-electron chi connectivity index (χ1n) is 5.74. The molecule has 1 aromatic heterocycles. The molecule has 94 valence electrons. The molecule has 0 fully saturated rings. The number of esters is 1. The molecule has 0 aromatic carbocycles. The van der Waals surface area contributed by atoms with Crippen molar-refractivity contribution in [2.75, 3.05) is 20.2 Å². The first kappa shape index (κ1) is 13.6. The van der Waals surface area contributed by atoms with Gasteiger partial charge in [-0.3, -0.25) is 9.78 Å². The van der Waals surface area contributed by atoms with Crippen LogP contribution in [-0.2, 0) is 14.9 Å². The summed E-state index contributed by atoms with van der Waals surface area (Å²) < 4.78 is 4.58. The van der Waals surface area contributed by atoms with E-state index < -0.39 is 0 Å². The van der Waals surface area contributed by atoms with Gasteiger partial charge in [0.15, 0.2) is 0 Å². The van der Waals surface area contributed by atoms with E-state index in [1.807, 2.05) is 12.1 Å². The Labute approximate surface area is 102 Å². The van der Waals surface area contributed by atoms with E-state index in [1.165, 1.54) is 12.7 Å². The van der Waals surface area contributed by atoms with Crippen molar-refractivity contribution in [2.45, 2.75) is 25.7 Å². The Bertz CT molecular complexity index is 350. The summed E-state index contributed by atoms with van der Waals surface area (Å²) in [5.41, 5.74) is 1.26. The SMILES string of the molecule is COC(=O)CCNCC(C)(C)c1ccncc1. The number of nitrogens with one attached hydrogen (secondary N) is 1. The molecule has 4 heteroatoms. The number of hydrogen-bond acceptors (Lipinski definition) is 4.